The molecule has 2 heterocycles. The highest BCUT2D eigenvalue weighted by Gasteiger charge is 2.42. The van der Waals surface area contributed by atoms with Gasteiger partial charge in [-0.15, -0.1) is 0 Å². The van der Waals surface area contributed by atoms with Crippen LogP contribution in [0, 0.1) is 5.41 Å². The van der Waals surface area contributed by atoms with Crippen LogP contribution < -0.4 is 15.4 Å². The van der Waals surface area contributed by atoms with Crippen LogP contribution in [0.5, 0.6) is 5.75 Å². The normalized spacial score (nSPS) is 23.8. The Bertz CT molecular complexity index is 1140. The van der Waals surface area contributed by atoms with E-state index >= 15 is 0 Å². The van der Waals surface area contributed by atoms with Gasteiger partial charge in [-0.05, 0) is 49.9 Å². The van der Waals surface area contributed by atoms with Crippen molar-refractivity contribution in [3.05, 3.63) is 65.2 Å². The second kappa shape index (κ2) is 9.93. The lowest BCUT2D eigenvalue weighted by molar-refractivity contribution is -0.132. The topological polar surface area (TPSA) is 115 Å². The lowest BCUT2D eigenvalue weighted by Crippen LogP contribution is -2.62. The molecule has 4 N–H and O–H groups in total. The lowest BCUT2D eigenvalue weighted by atomic mass is 9.86. The fraction of sp³-hybridized carbons (Fsp3) is 0.464. The fourth-order valence-electron chi connectivity index (χ4n) is 5.26. The van der Waals surface area contributed by atoms with Crippen molar-refractivity contribution in [2.75, 3.05) is 6.61 Å². The Balaban J connectivity index is 1.58. The predicted molar refractivity (Wildman–Crippen MR) is 138 cm³/mol. The van der Waals surface area contributed by atoms with Crippen molar-refractivity contribution < 1.29 is 19.4 Å². The third kappa shape index (κ3) is 4.69. The Morgan fingerprint density at radius 2 is 1.94 bits per heavy atom. The van der Waals surface area contributed by atoms with Gasteiger partial charge in [0.15, 0.2) is 5.96 Å². The molecule has 36 heavy (non-hydrogen) atoms. The van der Waals surface area contributed by atoms with E-state index < -0.39 is 11.6 Å². The summed E-state index contributed by atoms with van der Waals surface area (Å²) in [4.78, 5) is 28.1. The number of carbonyl (C=O) groups is 2. The largest absolute Gasteiger partial charge is 0.490 e. The molecule has 3 atom stereocenters. The van der Waals surface area contributed by atoms with Crippen LogP contribution in [0.25, 0.3) is 0 Å². The number of carbonyl (C=O) groups excluding carboxylic acids is 2. The molecule has 0 saturated carbocycles. The van der Waals surface area contributed by atoms with Crippen LogP contribution in [-0.2, 0) is 4.79 Å². The standard InChI is InChI=1S/C28H36N4O4/c1-5-21(32-23(33)16-28(6-2,7-3)31-26(32)29)18-11-10-12-19(15-18)25(34)30-24-20-13-8-9-14-22(20)36-17-27(24,4)35/h8-15,21,24,35H,5-7,16-17H2,1-4H3,(H2,29,31)(H,30,34)/t21?,24-,27-/m1/s1. The summed E-state index contributed by atoms with van der Waals surface area (Å²) in [5.74, 6) is 0.326. The van der Waals surface area contributed by atoms with Crippen molar-refractivity contribution in [1.29, 1.82) is 5.41 Å². The van der Waals surface area contributed by atoms with E-state index in [0.717, 1.165) is 24.0 Å². The zero-order valence-corrected chi connectivity index (χ0v) is 21.4. The van der Waals surface area contributed by atoms with E-state index in [1.807, 2.05) is 51.1 Å². The van der Waals surface area contributed by atoms with Gasteiger partial charge < -0.3 is 20.5 Å². The maximum absolute atomic E-state index is 13.3. The first-order valence-electron chi connectivity index (χ1n) is 12.7. The van der Waals surface area contributed by atoms with Crippen LogP contribution in [0.15, 0.2) is 48.5 Å². The van der Waals surface area contributed by atoms with Gasteiger partial charge in [-0.25, -0.2) is 0 Å². The second-order valence-corrected chi connectivity index (χ2v) is 10.0. The number of amides is 2. The van der Waals surface area contributed by atoms with E-state index in [-0.39, 0.29) is 36.0 Å². The van der Waals surface area contributed by atoms with Gasteiger partial charge in [0.2, 0.25) is 5.91 Å². The number of nitrogens with one attached hydrogen (secondary N) is 3. The highest BCUT2D eigenvalue weighted by atomic mass is 16.5. The number of benzene rings is 2. The molecule has 1 fully saturated rings. The van der Waals surface area contributed by atoms with Crippen molar-refractivity contribution in [1.82, 2.24) is 15.5 Å². The first-order valence-corrected chi connectivity index (χ1v) is 12.7. The molecule has 2 amide bonds. The molecule has 2 aromatic carbocycles. The van der Waals surface area contributed by atoms with E-state index in [4.69, 9.17) is 10.1 Å². The molecule has 1 unspecified atom stereocenters. The molecule has 192 valence electrons. The van der Waals surface area contributed by atoms with Crippen molar-refractivity contribution in [2.24, 2.45) is 0 Å². The van der Waals surface area contributed by atoms with E-state index in [1.54, 1.807) is 25.1 Å². The molecule has 0 radical (unpaired) electrons. The highest BCUT2D eigenvalue weighted by Crippen LogP contribution is 2.38. The average molecular weight is 493 g/mol. The summed E-state index contributed by atoms with van der Waals surface area (Å²) in [5.41, 5.74) is 0.260. The predicted octanol–water partition coefficient (Wildman–Crippen LogP) is 4.07. The summed E-state index contributed by atoms with van der Waals surface area (Å²) >= 11 is 0. The molecular formula is C28H36N4O4. The molecule has 0 aliphatic carbocycles. The van der Waals surface area contributed by atoms with Crippen LogP contribution in [0.3, 0.4) is 0 Å². The molecular weight excluding hydrogens is 456 g/mol. The van der Waals surface area contributed by atoms with Crippen LogP contribution >= 0.6 is 0 Å². The van der Waals surface area contributed by atoms with Gasteiger partial charge in [-0.1, -0.05) is 51.1 Å². The van der Waals surface area contributed by atoms with Gasteiger partial charge in [0.25, 0.3) is 5.91 Å². The molecule has 2 aliphatic rings. The number of aliphatic hydroxyl groups is 1. The van der Waals surface area contributed by atoms with E-state index in [9.17, 15) is 14.7 Å². The van der Waals surface area contributed by atoms with Crippen LogP contribution in [0.2, 0.25) is 0 Å². The first-order chi connectivity index (χ1) is 17.1. The van der Waals surface area contributed by atoms with Gasteiger partial charge in [-0.2, -0.15) is 0 Å². The summed E-state index contributed by atoms with van der Waals surface area (Å²) in [6.07, 6.45) is 2.44. The third-order valence-electron chi connectivity index (χ3n) is 7.62. The average Bonchev–Trinajstić information content (AvgIpc) is 2.87. The van der Waals surface area contributed by atoms with Gasteiger partial charge in [-0.3, -0.25) is 19.9 Å². The third-order valence-corrected chi connectivity index (χ3v) is 7.62. The zero-order valence-electron chi connectivity index (χ0n) is 21.4. The monoisotopic (exact) mass is 492 g/mol. The number of hydrogen-bond donors (Lipinski definition) is 4. The minimum Gasteiger partial charge on any atom is -0.490 e. The maximum atomic E-state index is 13.3. The maximum Gasteiger partial charge on any atom is 0.251 e. The molecule has 4 rings (SSSR count). The Hall–Kier alpha value is -3.39. The number of fused-ring (bicyclic) bond motifs is 1. The number of ether oxygens (including phenoxy) is 1. The van der Waals surface area contributed by atoms with Crippen molar-refractivity contribution in [3.63, 3.8) is 0 Å². The molecule has 0 aromatic heterocycles. The summed E-state index contributed by atoms with van der Waals surface area (Å²) < 4.78 is 5.67. The van der Waals surface area contributed by atoms with E-state index in [0.29, 0.717) is 24.2 Å². The van der Waals surface area contributed by atoms with E-state index in [1.165, 1.54) is 4.90 Å². The Morgan fingerprint density at radius 3 is 2.61 bits per heavy atom. The van der Waals surface area contributed by atoms with Crippen molar-refractivity contribution >= 4 is 17.8 Å². The molecule has 2 aliphatic heterocycles. The Kier molecular flexibility index (Phi) is 7.09. The fourth-order valence-corrected chi connectivity index (χ4v) is 5.26. The van der Waals surface area contributed by atoms with Gasteiger partial charge >= 0.3 is 0 Å². The minimum absolute atomic E-state index is 0.0656. The lowest BCUT2D eigenvalue weighted by Gasteiger charge is -2.44. The zero-order chi connectivity index (χ0) is 26.1. The number of hydrogen-bond acceptors (Lipinski definition) is 5. The van der Waals surface area contributed by atoms with Gasteiger partial charge in [0.05, 0.1) is 18.5 Å². The number of guanidine groups is 1. The number of nitrogens with zero attached hydrogens (tertiary/aromatic N) is 1. The number of rotatable bonds is 7. The summed E-state index contributed by atoms with van der Waals surface area (Å²) in [5, 5.41) is 25.8. The van der Waals surface area contributed by atoms with Crippen LogP contribution in [-0.4, -0.2) is 45.5 Å². The first kappa shape index (κ1) is 25.7. The molecule has 0 bridgehead atoms. The smallest absolute Gasteiger partial charge is 0.251 e. The van der Waals surface area contributed by atoms with Crippen molar-refractivity contribution in [3.8, 4) is 5.75 Å². The highest BCUT2D eigenvalue weighted by molar-refractivity contribution is 6.00. The van der Waals surface area contributed by atoms with E-state index in [2.05, 4.69) is 10.6 Å². The molecule has 8 heteroatoms. The summed E-state index contributed by atoms with van der Waals surface area (Å²) in [7, 11) is 0. The Labute approximate surface area is 212 Å². The van der Waals surface area contributed by atoms with Crippen molar-refractivity contribution in [2.45, 2.75) is 76.6 Å². The van der Waals surface area contributed by atoms with Gasteiger partial charge in [0.1, 0.15) is 18.0 Å². The van der Waals surface area contributed by atoms with Gasteiger partial charge in [0, 0.05) is 16.7 Å². The minimum atomic E-state index is -1.28. The quantitative estimate of drug-likeness (QED) is 0.465. The summed E-state index contributed by atoms with van der Waals surface area (Å²) in [6, 6.07) is 13.5. The van der Waals surface area contributed by atoms with Crippen LogP contribution in [0.4, 0.5) is 0 Å². The SMILES string of the molecule is CCC(c1cccc(C(=O)N[C@@H]2c3ccccc3OC[C@@]2(C)O)c1)N1C(=N)NC(CC)(CC)CC1=O. The number of para-hydroxylation sites is 1. The van der Waals surface area contributed by atoms with Crippen LogP contribution in [0.1, 0.15) is 86.9 Å². The molecule has 0 spiro atoms. The summed E-state index contributed by atoms with van der Waals surface area (Å²) in [6.45, 7) is 7.73. The molecule has 8 nitrogen and oxygen atoms in total. The second-order valence-electron chi connectivity index (χ2n) is 10.0. The molecule has 2 aromatic rings. The Morgan fingerprint density at radius 1 is 1.22 bits per heavy atom. The molecule has 1 saturated heterocycles.